The van der Waals surface area contributed by atoms with Crippen LogP contribution in [0.3, 0.4) is 0 Å². The number of halogens is 2. The third kappa shape index (κ3) is 1.74. The number of hydrogen-bond donors (Lipinski definition) is 1. The van der Waals surface area contributed by atoms with Crippen LogP contribution in [-0.4, -0.2) is 16.1 Å². The number of fused-ring (bicyclic) bond motifs is 1. The normalized spacial score (nSPS) is 20.9. The molecule has 104 valence electrons. The van der Waals surface area contributed by atoms with Crippen molar-refractivity contribution in [1.82, 2.24) is 4.98 Å². The van der Waals surface area contributed by atoms with Gasteiger partial charge < -0.3 is 5.11 Å². The minimum Gasteiger partial charge on any atom is -0.480 e. The third-order valence-corrected chi connectivity index (χ3v) is 5.60. The van der Waals surface area contributed by atoms with E-state index >= 15 is 0 Å². The van der Waals surface area contributed by atoms with Gasteiger partial charge in [-0.25, -0.2) is 9.37 Å². The van der Waals surface area contributed by atoms with Crippen LogP contribution in [0.25, 0.3) is 0 Å². The quantitative estimate of drug-likeness (QED) is 0.893. The number of hydrogen-bond acceptors (Lipinski definition) is 3. The zero-order valence-corrected chi connectivity index (χ0v) is 13.0. The van der Waals surface area contributed by atoms with Gasteiger partial charge in [0, 0.05) is 0 Å². The van der Waals surface area contributed by atoms with E-state index < -0.39 is 11.4 Å². The number of nitrogens with zero attached hydrogens (tertiary/aromatic N) is 1. The summed E-state index contributed by atoms with van der Waals surface area (Å²) in [5, 5.41) is 9.83. The lowest BCUT2D eigenvalue weighted by Crippen LogP contribution is -2.35. The van der Waals surface area contributed by atoms with E-state index in [0.717, 1.165) is 5.69 Å². The lowest BCUT2D eigenvalue weighted by Gasteiger charge is -2.26. The molecule has 2 aromatic rings. The molecule has 0 amide bonds. The standard InChI is InChI=1S/C14H11BrFNO2S/c1-7-8(3-2-4-9(7)16)14(12(18)19)6-5-10-11(14)20-13(15)17-10/h2-4H,5-6H2,1H3,(H,18,19). The van der Waals surface area contributed by atoms with Crippen molar-refractivity contribution in [1.29, 1.82) is 0 Å². The van der Waals surface area contributed by atoms with Crippen LogP contribution < -0.4 is 0 Å². The van der Waals surface area contributed by atoms with E-state index in [0.29, 0.717) is 32.8 Å². The van der Waals surface area contributed by atoms with Crippen LogP contribution in [0.1, 0.15) is 28.1 Å². The molecule has 0 aliphatic heterocycles. The summed E-state index contributed by atoms with van der Waals surface area (Å²) < 4.78 is 14.5. The van der Waals surface area contributed by atoms with Crippen molar-refractivity contribution in [3.8, 4) is 0 Å². The van der Waals surface area contributed by atoms with Crippen molar-refractivity contribution < 1.29 is 14.3 Å². The first kappa shape index (κ1) is 13.7. The topological polar surface area (TPSA) is 50.2 Å². The van der Waals surface area contributed by atoms with Gasteiger partial charge in [-0.05, 0) is 52.9 Å². The Balaban J connectivity index is 2.30. The largest absolute Gasteiger partial charge is 0.480 e. The summed E-state index contributed by atoms with van der Waals surface area (Å²) >= 11 is 4.63. The molecule has 0 spiro atoms. The first-order valence-corrected chi connectivity index (χ1v) is 7.72. The van der Waals surface area contributed by atoms with E-state index in [1.165, 1.54) is 17.4 Å². The Labute approximate surface area is 127 Å². The molecule has 0 fully saturated rings. The summed E-state index contributed by atoms with van der Waals surface area (Å²) in [4.78, 5) is 17.0. The first-order valence-electron chi connectivity index (χ1n) is 6.11. The Hall–Kier alpha value is -1.27. The number of aliphatic carboxylic acids is 1. The van der Waals surface area contributed by atoms with Crippen molar-refractivity contribution in [2.45, 2.75) is 25.2 Å². The van der Waals surface area contributed by atoms with Crippen LogP contribution in [0.15, 0.2) is 22.1 Å². The lowest BCUT2D eigenvalue weighted by molar-refractivity contribution is -0.142. The SMILES string of the molecule is Cc1c(F)cccc1C1(C(=O)O)CCc2nc(Br)sc21. The van der Waals surface area contributed by atoms with Gasteiger partial charge in [0.2, 0.25) is 0 Å². The van der Waals surface area contributed by atoms with E-state index in [1.54, 1.807) is 19.1 Å². The second kappa shape index (κ2) is 4.63. The Morgan fingerprint density at radius 1 is 1.55 bits per heavy atom. The fourth-order valence-electron chi connectivity index (χ4n) is 2.89. The molecule has 1 aliphatic rings. The van der Waals surface area contributed by atoms with Gasteiger partial charge >= 0.3 is 5.97 Å². The Morgan fingerprint density at radius 2 is 2.30 bits per heavy atom. The number of thiazole rings is 1. The third-order valence-electron chi connectivity index (χ3n) is 3.89. The number of aromatic nitrogens is 1. The molecule has 0 bridgehead atoms. The molecule has 1 aliphatic carbocycles. The fraction of sp³-hybridized carbons (Fsp3) is 0.286. The molecule has 6 heteroatoms. The molecule has 1 N–H and O–H groups in total. The summed E-state index contributed by atoms with van der Waals surface area (Å²) in [6.07, 6.45) is 1.02. The van der Waals surface area contributed by atoms with Crippen LogP contribution in [0.5, 0.6) is 0 Å². The number of carboxylic acid groups (broad SMARTS) is 1. The van der Waals surface area contributed by atoms with E-state index in [-0.39, 0.29) is 5.82 Å². The van der Waals surface area contributed by atoms with Gasteiger partial charge in [0.15, 0.2) is 3.92 Å². The first-order chi connectivity index (χ1) is 9.46. The highest BCUT2D eigenvalue weighted by Gasteiger charge is 2.50. The predicted octanol–water partition coefficient (Wildman–Crippen LogP) is 3.67. The maximum Gasteiger partial charge on any atom is 0.319 e. The molecular formula is C14H11BrFNO2S. The number of benzene rings is 1. The van der Waals surface area contributed by atoms with Crippen LogP contribution in [-0.2, 0) is 16.6 Å². The maximum absolute atomic E-state index is 13.8. The van der Waals surface area contributed by atoms with Crippen LogP contribution in [0.4, 0.5) is 4.39 Å². The zero-order chi connectivity index (χ0) is 14.5. The summed E-state index contributed by atoms with van der Waals surface area (Å²) in [5.41, 5.74) is 0.547. The number of aryl methyl sites for hydroxylation is 1. The fourth-order valence-corrected chi connectivity index (χ4v) is 4.65. The smallest absolute Gasteiger partial charge is 0.319 e. The second-order valence-electron chi connectivity index (χ2n) is 4.87. The van der Waals surface area contributed by atoms with Gasteiger partial charge in [-0.15, -0.1) is 11.3 Å². The molecule has 3 rings (SSSR count). The van der Waals surface area contributed by atoms with Gasteiger partial charge in [0.25, 0.3) is 0 Å². The number of rotatable bonds is 2. The summed E-state index contributed by atoms with van der Waals surface area (Å²) in [6, 6.07) is 4.62. The maximum atomic E-state index is 13.8. The molecule has 0 saturated carbocycles. The monoisotopic (exact) mass is 355 g/mol. The minimum atomic E-state index is -1.18. The molecule has 1 atom stereocenters. The average molecular weight is 356 g/mol. The van der Waals surface area contributed by atoms with Gasteiger partial charge in [-0.2, -0.15) is 0 Å². The zero-order valence-electron chi connectivity index (χ0n) is 10.6. The van der Waals surface area contributed by atoms with Crippen molar-refractivity contribution in [3.05, 3.63) is 49.6 Å². The molecule has 3 nitrogen and oxygen atoms in total. The van der Waals surface area contributed by atoms with E-state index in [9.17, 15) is 14.3 Å². The number of carboxylic acids is 1. The Kier molecular flexibility index (Phi) is 3.17. The molecule has 1 unspecified atom stereocenters. The van der Waals surface area contributed by atoms with Gasteiger partial charge in [0.1, 0.15) is 11.2 Å². The van der Waals surface area contributed by atoms with Gasteiger partial charge in [-0.3, -0.25) is 4.79 Å². The summed E-state index contributed by atoms with van der Waals surface area (Å²) in [7, 11) is 0. The Bertz CT molecular complexity index is 715. The van der Waals surface area contributed by atoms with Crippen molar-refractivity contribution in [3.63, 3.8) is 0 Å². The highest BCUT2D eigenvalue weighted by atomic mass is 79.9. The average Bonchev–Trinajstić information content (AvgIpc) is 2.90. The van der Waals surface area contributed by atoms with Gasteiger partial charge in [0.05, 0.1) is 10.6 Å². The molecule has 0 radical (unpaired) electrons. The molecule has 1 aromatic heterocycles. The second-order valence-corrected chi connectivity index (χ2v) is 7.14. The molecule has 0 saturated heterocycles. The van der Waals surface area contributed by atoms with E-state index in [2.05, 4.69) is 20.9 Å². The lowest BCUT2D eigenvalue weighted by atomic mass is 9.77. The minimum absolute atomic E-state index is 0.375. The van der Waals surface area contributed by atoms with Crippen molar-refractivity contribution in [2.75, 3.05) is 0 Å². The van der Waals surface area contributed by atoms with Crippen LogP contribution in [0.2, 0.25) is 0 Å². The van der Waals surface area contributed by atoms with Crippen molar-refractivity contribution in [2.24, 2.45) is 0 Å². The number of carbonyl (C=O) groups is 1. The molecule has 1 aromatic carbocycles. The Morgan fingerprint density at radius 3 is 3.00 bits per heavy atom. The highest BCUT2D eigenvalue weighted by molar-refractivity contribution is 9.11. The molecule has 1 heterocycles. The summed E-state index contributed by atoms with van der Waals surface area (Å²) in [6.45, 7) is 1.63. The van der Waals surface area contributed by atoms with Gasteiger partial charge in [-0.1, -0.05) is 12.1 Å². The van der Waals surface area contributed by atoms with E-state index in [4.69, 9.17) is 0 Å². The van der Waals surface area contributed by atoms with Crippen LogP contribution in [0, 0.1) is 12.7 Å². The molecular weight excluding hydrogens is 345 g/mol. The highest BCUT2D eigenvalue weighted by Crippen LogP contribution is 2.49. The predicted molar refractivity (Wildman–Crippen MR) is 77.7 cm³/mol. The van der Waals surface area contributed by atoms with E-state index in [1.807, 2.05) is 0 Å². The van der Waals surface area contributed by atoms with Crippen LogP contribution >= 0.6 is 27.3 Å². The molecule has 20 heavy (non-hydrogen) atoms. The summed E-state index contributed by atoms with van der Waals surface area (Å²) in [5.74, 6) is -1.32. The van der Waals surface area contributed by atoms with Crippen molar-refractivity contribution >= 4 is 33.2 Å².